The van der Waals surface area contributed by atoms with E-state index in [1.807, 2.05) is 18.7 Å². The van der Waals surface area contributed by atoms with Crippen LogP contribution in [0, 0.1) is 5.92 Å². The molecule has 26 heavy (non-hydrogen) atoms. The molecule has 0 unspecified atom stereocenters. The average Bonchev–Trinajstić information content (AvgIpc) is 2.55. The summed E-state index contributed by atoms with van der Waals surface area (Å²) in [7, 11) is 0. The molecule has 1 atom stereocenters. The van der Waals surface area contributed by atoms with Gasteiger partial charge < -0.3 is 10.0 Å². The summed E-state index contributed by atoms with van der Waals surface area (Å²) in [6.45, 7) is 10.8. The van der Waals surface area contributed by atoms with Gasteiger partial charge in [-0.15, -0.1) is 0 Å². The van der Waals surface area contributed by atoms with Gasteiger partial charge >= 0.3 is 6.18 Å². The number of piperazine rings is 1. The highest BCUT2D eigenvalue weighted by Gasteiger charge is 2.37. The van der Waals surface area contributed by atoms with Gasteiger partial charge in [0.15, 0.2) is 0 Å². The van der Waals surface area contributed by atoms with E-state index in [2.05, 4.69) is 28.7 Å². The summed E-state index contributed by atoms with van der Waals surface area (Å²) in [5.41, 5.74) is 0.394. The third-order valence-electron chi connectivity index (χ3n) is 4.57. The van der Waals surface area contributed by atoms with E-state index in [0.29, 0.717) is 36.9 Å². The van der Waals surface area contributed by atoms with Crippen molar-refractivity contribution in [2.24, 2.45) is 5.92 Å². The van der Waals surface area contributed by atoms with E-state index in [9.17, 15) is 18.3 Å². The Morgan fingerprint density at radius 1 is 1.19 bits per heavy atom. The predicted molar refractivity (Wildman–Crippen MR) is 95.2 cm³/mol. The largest absolute Gasteiger partial charge is 0.451 e. The lowest BCUT2D eigenvalue weighted by Crippen LogP contribution is -2.54. The quantitative estimate of drug-likeness (QED) is 0.829. The van der Waals surface area contributed by atoms with Crippen LogP contribution in [0.15, 0.2) is 6.07 Å². The second-order valence-electron chi connectivity index (χ2n) is 7.63. The Morgan fingerprint density at radius 3 is 2.42 bits per heavy atom. The molecule has 1 aromatic heterocycles. The molecule has 1 aliphatic heterocycles. The van der Waals surface area contributed by atoms with Gasteiger partial charge in [0.2, 0.25) is 5.82 Å². The van der Waals surface area contributed by atoms with E-state index < -0.39 is 12.0 Å². The molecule has 2 rings (SSSR count). The summed E-state index contributed by atoms with van der Waals surface area (Å²) < 4.78 is 39.6. The smallest absolute Gasteiger partial charge is 0.396 e. The first kappa shape index (κ1) is 20.9. The summed E-state index contributed by atoms with van der Waals surface area (Å²) in [6.07, 6.45) is -3.97. The first-order chi connectivity index (χ1) is 12.1. The maximum Gasteiger partial charge on any atom is 0.451 e. The van der Waals surface area contributed by atoms with Crippen LogP contribution in [0.1, 0.15) is 51.6 Å². The van der Waals surface area contributed by atoms with Crippen LogP contribution in [-0.2, 0) is 6.18 Å². The minimum Gasteiger partial charge on any atom is -0.396 e. The van der Waals surface area contributed by atoms with Crippen molar-refractivity contribution in [1.29, 1.82) is 0 Å². The molecule has 0 aromatic carbocycles. The standard InChI is InChI=1S/C18H29F3N4O/c1-12(2)10-24-6-7-25(11-14(24)5-8-26)16-9-15(13(3)4)22-17(23-16)18(19,20)21/h9,12-14,26H,5-8,10-11H2,1-4H3/t14-/m0/s1. The molecule has 1 N–H and O–H groups in total. The average molecular weight is 374 g/mol. The van der Waals surface area contributed by atoms with Gasteiger partial charge in [-0.25, -0.2) is 9.97 Å². The Hall–Kier alpha value is -1.41. The molecule has 0 radical (unpaired) electrons. The third-order valence-corrected chi connectivity index (χ3v) is 4.57. The molecule has 0 saturated carbocycles. The molecule has 0 aliphatic carbocycles. The number of nitrogens with zero attached hydrogens (tertiary/aromatic N) is 4. The molecule has 1 fully saturated rings. The topological polar surface area (TPSA) is 52.5 Å². The highest BCUT2D eigenvalue weighted by molar-refractivity contribution is 5.42. The number of aliphatic hydroxyl groups is 1. The Kier molecular flexibility index (Phi) is 6.85. The first-order valence-corrected chi connectivity index (χ1v) is 9.17. The highest BCUT2D eigenvalue weighted by Crippen LogP contribution is 2.30. The molecule has 5 nitrogen and oxygen atoms in total. The van der Waals surface area contributed by atoms with Gasteiger partial charge in [0.05, 0.1) is 0 Å². The van der Waals surface area contributed by atoms with Gasteiger partial charge in [0.1, 0.15) is 5.82 Å². The number of alkyl halides is 3. The minimum atomic E-state index is -4.57. The number of hydrogen-bond acceptors (Lipinski definition) is 5. The van der Waals surface area contributed by atoms with Crippen LogP contribution < -0.4 is 4.90 Å². The van der Waals surface area contributed by atoms with Crippen LogP contribution >= 0.6 is 0 Å². The van der Waals surface area contributed by atoms with E-state index in [1.165, 1.54) is 0 Å². The highest BCUT2D eigenvalue weighted by atomic mass is 19.4. The van der Waals surface area contributed by atoms with Gasteiger partial charge in [0, 0.05) is 50.6 Å². The molecule has 8 heteroatoms. The monoisotopic (exact) mass is 374 g/mol. The van der Waals surface area contributed by atoms with Crippen LogP contribution in [0.2, 0.25) is 0 Å². The third kappa shape index (κ3) is 5.30. The summed E-state index contributed by atoms with van der Waals surface area (Å²) in [4.78, 5) is 11.7. The lowest BCUT2D eigenvalue weighted by Gasteiger charge is -2.42. The summed E-state index contributed by atoms with van der Waals surface area (Å²) in [5.74, 6) is -0.385. The molecule has 1 saturated heterocycles. The van der Waals surface area contributed by atoms with Crippen molar-refractivity contribution >= 4 is 5.82 Å². The molecule has 0 spiro atoms. The molecular formula is C18H29F3N4O. The summed E-state index contributed by atoms with van der Waals surface area (Å²) in [6, 6.07) is 1.76. The van der Waals surface area contributed by atoms with Crippen molar-refractivity contribution < 1.29 is 18.3 Å². The Morgan fingerprint density at radius 2 is 1.88 bits per heavy atom. The maximum atomic E-state index is 13.2. The van der Waals surface area contributed by atoms with Gasteiger partial charge in [-0.3, -0.25) is 4.90 Å². The second-order valence-corrected chi connectivity index (χ2v) is 7.63. The zero-order valence-electron chi connectivity index (χ0n) is 15.9. The van der Waals surface area contributed by atoms with Crippen LogP contribution in [0.25, 0.3) is 0 Å². The number of hydrogen-bond donors (Lipinski definition) is 1. The van der Waals surface area contributed by atoms with Crippen molar-refractivity contribution in [1.82, 2.24) is 14.9 Å². The van der Waals surface area contributed by atoms with Crippen molar-refractivity contribution in [3.8, 4) is 0 Å². The van der Waals surface area contributed by atoms with Crippen molar-refractivity contribution in [3.63, 3.8) is 0 Å². The molecular weight excluding hydrogens is 345 g/mol. The van der Waals surface area contributed by atoms with Crippen LogP contribution in [0.4, 0.5) is 19.0 Å². The van der Waals surface area contributed by atoms with Gasteiger partial charge in [-0.2, -0.15) is 13.2 Å². The Labute approximate surface area is 153 Å². The van der Waals surface area contributed by atoms with Gasteiger partial charge in [-0.1, -0.05) is 27.7 Å². The number of aromatic nitrogens is 2. The van der Waals surface area contributed by atoms with Crippen molar-refractivity contribution in [2.75, 3.05) is 37.7 Å². The predicted octanol–water partition coefficient (Wildman–Crippen LogP) is 3.15. The SMILES string of the molecule is CC(C)CN1CCN(c2cc(C(C)C)nc(C(F)(F)F)n2)C[C@@H]1CCO. The van der Waals surface area contributed by atoms with Crippen LogP contribution in [-0.4, -0.2) is 58.8 Å². The first-order valence-electron chi connectivity index (χ1n) is 9.17. The summed E-state index contributed by atoms with van der Waals surface area (Å²) in [5, 5.41) is 9.38. The fraction of sp³-hybridized carbons (Fsp3) is 0.778. The van der Waals surface area contributed by atoms with E-state index in [0.717, 1.165) is 13.1 Å². The van der Waals surface area contributed by atoms with E-state index in [1.54, 1.807) is 6.07 Å². The van der Waals surface area contributed by atoms with Crippen LogP contribution in [0.5, 0.6) is 0 Å². The number of rotatable bonds is 6. The normalized spacial score (nSPS) is 19.6. The molecule has 2 heterocycles. The van der Waals surface area contributed by atoms with E-state index in [-0.39, 0.29) is 18.6 Å². The fourth-order valence-electron chi connectivity index (χ4n) is 3.27. The molecule has 0 bridgehead atoms. The maximum absolute atomic E-state index is 13.2. The molecule has 0 amide bonds. The Balaban J connectivity index is 2.28. The zero-order valence-corrected chi connectivity index (χ0v) is 15.9. The van der Waals surface area contributed by atoms with E-state index in [4.69, 9.17) is 0 Å². The number of anilines is 1. The van der Waals surface area contributed by atoms with Crippen molar-refractivity contribution in [3.05, 3.63) is 17.6 Å². The minimum absolute atomic E-state index is 0.0575. The zero-order chi connectivity index (χ0) is 19.5. The number of halogens is 3. The molecule has 148 valence electrons. The lowest BCUT2D eigenvalue weighted by atomic mass is 10.1. The lowest BCUT2D eigenvalue weighted by molar-refractivity contribution is -0.145. The van der Waals surface area contributed by atoms with Crippen molar-refractivity contribution in [2.45, 2.75) is 52.3 Å². The van der Waals surface area contributed by atoms with Crippen LogP contribution in [0.3, 0.4) is 0 Å². The van der Waals surface area contributed by atoms with Gasteiger partial charge in [0.25, 0.3) is 0 Å². The van der Waals surface area contributed by atoms with Gasteiger partial charge in [-0.05, 0) is 18.3 Å². The molecule has 1 aliphatic rings. The second kappa shape index (κ2) is 8.52. The Bertz CT molecular complexity index is 592. The van der Waals surface area contributed by atoms with E-state index >= 15 is 0 Å². The summed E-state index contributed by atoms with van der Waals surface area (Å²) >= 11 is 0. The fourth-order valence-corrected chi connectivity index (χ4v) is 3.27. The number of aliphatic hydroxyl groups excluding tert-OH is 1. The molecule has 1 aromatic rings.